The molecular weight excluding hydrogens is 334 g/mol. The van der Waals surface area contributed by atoms with E-state index in [2.05, 4.69) is 83.3 Å². The van der Waals surface area contributed by atoms with Crippen molar-refractivity contribution in [3.05, 3.63) is 59.2 Å². The van der Waals surface area contributed by atoms with Crippen LogP contribution < -0.4 is 14.8 Å². The van der Waals surface area contributed by atoms with Gasteiger partial charge in [-0.2, -0.15) is 0 Å². The van der Waals surface area contributed by atoms with Gasteiger partial charge in [-0.3, -0.25) is 0 Å². The van der Waals surface area contributed by atoms with Crippen LogP contribution in [0.2, 0.25) is 0 Å². The molecule has 0 fully saturated rings. The van der Waals surface area contributed by atoms with Crippen LogP contribution in [-0.4, -0.2) is 12.6 Å². The summed E-state index contributed by atoms with van der Waals surface area (Å²) in [6.07, 6.45) is 1.11. The van der Waals surface area contributed by atoms with Crippen LogP contribution in [0.5, 0.6) is 11.5 Å². The molecule has 1 N–H and O–H groups in total. The molecule has 0 aromatic heterocycles. The predicted molar refractivity (Wildman–Crippen MR) is 113 cm³/mol. The molecule has 0 aliphatic rings. The van der Waals surface area contributed by atoms with E-state index in [1.807, 2.05) is 6.07 Å². The molecule has 0 spiro atoms. The number of nitrogens with one attached hydrogen (secondary N) is 1. The van der Waals surface area contributed by atoms with Crippen molar-refractivity contribution in [3.63, 3.8) is 0 Å². The maximum Gasteiger partial charge on any atom is 0.161 e. The van der Waals surface area contributed by atoms with Gasteiger partial charge in [-0.15, -0.1) is 0 Å². The lowest BCUT2D eigenvalue weighted by Gasteiger charge is -2.33. The molecule has 0 bridgehead atoms. The zero-order valence-electron chi connectivity index (χ0n) is 18.0. The van der Waals surface area contributed by atoms with Crippen LogP contribution in [0.4, 0.5) is 0 Å². The lowest BCUT2D eigenvalue weighted by Crippen LogP contribution is -2.41. The van der Waals surface area contributed by atoms with E-state index in [0.717, 1.165) is 30.0 Å². The highest BCUT2D eigenvalue weighted by atomic mass is 16.5. The van der Waals surface area contributed by atoms with Gasteiger partial charge < -0.3 is 14.8 Å². The van der Waals surface area contributed by atoms with Gasteiger partial charge in [0.25, 0.3) is 0 Å². The van der Waals surface area contributed by atoms with Gasteiger partial charge in [0.1, 0.15) is 6.61 Å². The summed E-state index contributed by atoms with van der Waals surface area (Å²) in [5.74, 6) is 1.55. The lowest BCUT2D eigenvalue weighted by molar-refractivity contribution is 0.240. The van der Waals surface area contributed by atoms with Crippen molar-refractivity contribution in [2.75, 3.05) is 7.11 Å². The van der Waals surface area contributed by atoms with Crippen molar-refractivity contribution in [1.82, 2.24) is 5.32 Å². The van der Waals surface area contributed by atoms with Gasteiger partial charge in [-0.1, -0.05) is 56.7 Å². The van der Waals surface area contributed by atoms with Crippen molar-refractivity contribution in [2.24, 2.45) is 5.41 Å². The Hall–Kier alpha value is -2.00. The smallest absolute Gasteiger partial charge is 0.161 e. The van der Waals surface area contributed by atoms with Gasteiger partial charge in [0.2, 0.25) is 0 Å². The Morgan fingerprint density at radius 2 is 1.48 bits per heavy atom. The minimum atomic E-state index is 0.0755. The number of benzene rings is 2. The summed E-state index contributed by atoms with van der Waals surface area (Å²) in [6.45, 7) is 14.8. The second-order valence-electron chi connectivity index (χ2n) is 9.23. The lowest BCUT2D eigenvalue weighted by atomic mass is 9.82. The number of ether oxygens (including phenoxy) is 2. The third-order valence-electron chi connectivity index (χ3n) is 4.49. The Morgan fingerprint density at radius 1 is 0.852 bits per heavy atom. The molecule has 0 aliphatic heterocycles. The number of hydrogen-bond acceptors (Lipinski definition) is 3. The number of hydrogen-bond donors (Lipinski definition) is 1. The Labute approximate surface area is 165 Å². The fourth-order valence-electron chi connectivity index (χ4n) is 3.52. The summed E-state index contributed by atoms with van der Waals surface area (Å²) in [6, 6.07) is 14.6. The molecule has 0 atom stereocenters. The molecule has 27 heavy (non-hydrogen) atoms. The van der Waals surface area contributed by atoms with Crippen LogP contribution in [0.15, 0.2) is 42.5 Å². The van der Waals surface area contributed by atoms with Crippen molar-refractivity contribution in [2.45, 2.75) is 66.7 Å². The molecule has 3 heteroatoms. The van der Waals surface area contributed by atoms with Crippen molar-refractivity contribution >= 4 is 0 Å². The molecule has 0 amide bonds. The van der Waals surface area contributed by atoms with Crippen molar-refractivity contribution in [3.8, 4) is 11.5 Å². The zero-order valence-corrected chi connectivity index (χ0v) is 18.0. The minimum Gasteiger partial charge on any atom is -0.493 e. The summed E-state index contributed by atoms with van der Waals surface area (Å²) in [5.41, 5.74) is 3.96. The van der Waals surface area contributed by atoms with Crippen LogP contribution in [-0.2, 0) is 13.2 Å². The Balaban J connectivity index is 1.99. The first-order valence-corrected chi connectivity index (χ1v) is 9.68. The predicted octanol–water partition coefficient (Wildman–Crippen LogP) is 5.89. The SMILES string of the molecule is COc1cc(CNC(C)(C)CC(C)(C)C)ccc1OCc1ccc(C)cc1. The number of aryl methyl sites for hydroxylation is 1. The third-order valence-corrected chi connectivity index (χ3v) is 4.49. The normalized spacial score (nSPS) is 12.1. The summed E-state index contributed by atoms with van der Waals surface area (Å²) in [5, 5.41) is 3.67. The molecule has 0 unspecified atom stereocenters. The first kappa shape index (κ1) is 21.3. The molecule has 0 heterocycles. The molecule has 2 aromatic carbocycles. The Bertz CT molecular complexity index is 727. The van der Waals surface area contributed by atoms with Crippen LogP contribution in [0.1, 0.15) is 57.7 Å². The third kappa shape index (κ3) is 7.26. The second kappa shape index (κ2) is 8.79. The van der Waals surface area contributed by atoms with Crippen LogP contribution in [0, 0.1) is 12.3 Å². The van der Waals surface area contributed by atoms with Crippen LogP contribution >= 0.6 is 0 Å². The second-order valence-corrected chi connectivity index (χ2v) is 9.23. The van der Waals surface area contributed by atoms with E-state index in [-0.39, 0.29) is 5.54 Å². The van der Waals surface area contributed by atoms with E-state index in [9.17, 15) is 0 Å². The van der Waals surface area contributed by atoms with Gasteiger partial charge in [0.15, 0.2) is 11.5 Å². The topological polar surface area (TPSA) is 30.5 Å². The average molecular weight is 370 g/mol. The van der Waals surface area contributed by atoms with Gasteiger partial charge >= 0.3 is 0 Å². The monoisotopic (exact) mass is 369 g/mol. The molecule has 2 rings (SSSR count). The van der Waals surface area contributed by atoms with Gasteiger partial charge in [0.05, 0.1) is 7.11 Å². The molecule has 0 saturated carbocycles. The maximum absolute atomic E-state index is 5.97. The molecular formula is C24H35NO2. The van der Waals surface area contributed by atoms with Gasteiger partial charge in [-0.25, -0.2) is 0 Å². The first-order chi connectivity index (χ1) is 12.6. The van der Waals surface area contributed by atoms with E-state index in [1.165, 1.54) is 11.1 Å². The summed E-state index contributed by atoms with van der Waals surface area (Å²) >= 11 is 0. The standard InChI is InChI=1S/C24H35NO2/c1-18-8-10-19(11-9-18)16-27-21-13-12-20(14-22(21)26-7)15-25-24(5,6)17-23(2,3)4/h8-14,25H,15-17H2,1-7H3. The molecule has 0 saturated heterocycles. The molecule has 3 nitrogen and oxygen atoms in total. The fourth-order valence-corrected chi connectivity index (χ4v) is 3.52. The molecule has 2 aromatic rings. The summed E-state index contributed by atoms with van der Waals surface area (Å²) in [4.78, 5) is 0. The van der Waals surface area contributed by atoms with Gasteiger partial charge in [0, 0.05) is 12.1 Å². The minimum absolute atomic E-state index is 0.0755. The highest BCUT2D eigenvalue weighted by molar-refractivity contribution is 5.43. The van der Waals surface area contributed by atoms with E-state index in [1.54, 1.807) is 7.11 Å². The highest BCUT2D eigenvalue weighted by Gasteiger charge is 2.24. The fraction of sp³-hybridized carbons (Fsp3) is 0.500. The van der Waals surface area contributed by atoms with E-state index < -0.39 is 0 Å². The highest BCUT2D eigenvalue weighted by Crippen LogP contribution is 2.30. The number of rotatable bonds is 8. The largest absolute Gasteiger partial charge is 0.493 e. The molecule has 0 aliphatic carbocycles. The summed E-state index contributed by atoms with van der Waals surface area (Å²) < 4.78 is 11.5. The van der Waals surface area contributed by atoms with Crippen molar-refractivity contribution < 1.29 is 9.47 Å². The Kier molecular flexibility index (Phi) is 6.94. The zero-order chi connectivity index (χ0) is 20.1. The summed E-state index contributed by atoms with van der Waals surface area (Å²) in [7, 11) is 1.69. The van der Waals surface area contributed by atoms with Gasteiger partial charge in [-0.05, 0) is 55.9 Å². The van der Waals surface area contributed by atoms with Crippen LogP contribution in [0.3, 0.4) is 0 Å². The van der Waals surface area contributed by atoms with E-state index >= 15 is 0 Å². The van der Waals surface area contributed by atoms with Crippen molar-refractivity contribution in [1.29, 1.82) is 0 Å². The Morgan fingerprint density at radius 3 is 2.07 bits per heavy atom. The number of methoxy groups -OCH3 is 1. The van der Waals surface area contributed by atoms with E-state index in [0.29, 0.717) is 12.0 Å². The average Bonchev–Trinajstić information content (AvgIpc) is 2.58. The maximum atomic E-state index is 5.97. The molecule has 148 valence electrons. The quantitative estimate of drug-likeness (QED) is 0.629. The van der Waals surface area contributed by atoms with Crippen LogP contribution in [0.25, 0.3) is 0 Å². The first-order valence-electron chi connectivity index (χ1n) is 9.68. The van der Waals surface area contributed by atoms with E-state index in [4.69, 9.17) is 9.47 Å². The molecule has 0 radical (unpaired) electrons.